The lowest BCUT2D eigenvalue weighted by Crippen LogP contribution is -2.44. The third kappa shape index (κ3) is 6.86. The minimum atomic E-state index is -3.65. The van der Waals surface area contributed by atoms with E-state index in [1.54, 1.807) is 0 Å². The van der Waals surface area contributed by atoms with Crippen molar-refractivity contribution in [2.75, 3.05) is 26.2 Å². The molecule has 0 saturated carbocycles. The zero-order valence-corrected chi connectivity index (χ0v) is 12.0. The lowest BCUT2D eigenvalue weighted by Gasteiger charge is -2.32. The number of piperidine rings is 1. The van der Waals surface area contributed by atoms with Crippen molar-refractivity contribution in [1.29, 1.82) is 0 Å². The molecule has 19 heavy (non-hydrogen) atoms. The molecular formula is C11H24N4O3S. The van der Waals surface area contributed by atoms with Crippen LogP contribution in [0.15, 0.2) is 0 Å². The molecule has 1 heterocycles. The summed E-state index contributed by atoms with van der Waals surface area (Å²) in [4.78, 5) is 13.8. The summed E-state index contributed by atoms with van der Waals surface area (Å²) >= 11 is 0. The molecule has 5 N–H and O–H groups in total. The predicted octanol–water partition coefficient (Wildman–Crippen LogP) is -0.853. The number of carbonyl (C=O) groups is 1. The second-order valence-corrected chi connectivity index (χ2v) is 6.37. The molecular weight excluding hydrogens is 268 g/mol. The molecule has 0 aromatic heterocycles. The van der Waals surface area contributed by atoms with Crippen LogP contribution in [-0.4, -0.2) is 45.4 Å². The van der Waals surface area contributed by atoms with E-state index < -0.39 is 10.2 Å². The Labute approximate surface area is 114 Å². The van der Waals surface area contributed by atoms with Gasteiger partial charge in [-0.3, -0.25) is 4.79 Å². The van der Waals surface area contributed by atoms with Gasteiger partial charge in [-0.15, -0.1) is 0 Å². The van der Waals surface area contributed by atoms with Crippen LogP contribution in [-0.2, 0) is 15.0 Å². The lowest BCUT2D eigenvalue weighted by molar-refractivity contribution is -0.133. The molecule has 1 amide bonds. The molecule has 1 rings (SSSR count). The average Bonchev–Trinajstić information content (AvgIpc) is 2.36. The summed E-state index contributed by atoms with van der Waals surface area (Å²) in [7, 11) is -3.65. The van der Waals surface area contributed by atoms with Gasteiger partial charge in [0.15, 0.2) is 0 Å². The zero-order valence-electron chi connectivity index (χ0n) is 11.2. The minimum Gasteiger partial charge on any atom is -0.342 e. The summed E-state index contributed by atoms with van der Waals surface area (Å²) in [5, 5.41) is 4.90. The molecule has 8 heteroatoms. The van der Waals surface area contributed by atoms with Gasteiger partial charge < -0.3 is 10.6 Å². The van der Waals surface area contributed by atoms with Gasteiger partial charge in [-0.05, 0) is 38.1 Å². The predicted molar refractivity (Wildman–Crippen MR) is 73.3 cm³/mol. The summed E-state index contributed by atoms with van der Waals surface area (Å²) in [6.45, 7) is 2.26. The Hall–Kier alpha value is -0.700. The molecule has 1 atom stereocenters. The zero-order chi connectivity index (χ0) is 14.3. The second-order valence-electron chi connectivity index (χ2n) is 4.99. The summed E-state index contributed by atoms with van der Waals surface area (Å²) in [5.41, 5.74) is 5.39. The molecule has 112 valence electrons. The third-order valence-corrected chi connectivity index (χ3v) is 3.86. The number of nitrogens with zero attached hydrogens (tertiary/aromatic N) is 1. The Bertz CT molecular complexity index is 385. The van der Waals surface area contributed by atoms with E-state index in [9.17, 15) is 13.2 Å². The Morgan fingerprint density at radius 2 is 2.11 bits per heavy atom. The van der Waals surface area contributed by atoms with Crippen LogP contribution in [0.25, 0.3) is 0 Å². The van der Waals surface area contributed by atoms with Crippen molar-refractivity contribution >= 4 is 16.1 Å². The van der Waals surface area contributed by atoms with Crippen molar-refractivity contribution in [2.24, 2.45) is 16.8 Å². The van der Waals surface area contributed by atoms with Crippen LogP contribution in [0.1, 0.15) is 32.1 Å². The quantitative estimate of drug-likeness (QED) is 0.529. The van der Waals surface area contributed by atoms with Crippen molar-refractivity contribution in [3.63, 3.8) is 0 Å². The fourth-order valence-electron chi connectivity index (χ4n) is 2.27. The van der Waals surface area contributed by atoms with E-state index in [2.05, 4.69) is 4.72 Å². The molecule has 0 spiro atoms. The maximum Gasteiger partial charge on any atom is 0.274 e. The standard InChI is InChI=1S/C11H24N4O3S/c12-6-2-1-5-11(16)15-7-3-4-10(9-15)8-14-19(13,17)18/h10,14H,1-9,12H2,(H2,13,17,18). The first-order valence-electron chi connectivity index (χ1n) is 6.67. The smallest absolute Gasteiger partial charge is 0.274 e. The SMILES string of the molecule is NCCCCC(=O)N1CCCC(CNS(N)(=O)=O)C1. The average molecular weight is 292 g/mol. The maximum absolute atomic E-state index is 11.9. The number of nitrogens with two attached hydrogens (primary N) is 2. The maximum atomic E-state index is 11.9. The number of likely N-dealkylation sites (tertiary alicyclic amines) is 1. The van der Waals surface area contributed by atoms with Crippen molar-refractivity contribution in [2.45, 2.75) is 32.1 Å². The number of rotatable bonds is 7. The molecule has 1 fully saturated rings. The molecule has 0 aromatic carbocycles. The first-order chi connectivity index (χ1) is 8.92. The first kappa shape index (κ1) is 16.4. The molecule has 1 saturated heterocycles. The monoisotopic (exact) mass is 292 g/mol. The van der Waals surface area contributed by atoms with Crippen LogP contribution in [0.3, 0.4) is 0 Å². The molecule has 1 aliphatic rings. The summed E-state index contributed by atoms with van der Waals surface area (Å²) in [6, 6.07) is 0. The van der Waals surface area contributed by atoms with Gasteiger partial charge in [-0.2, -0.15) is 8.42 Å². The number of hydrogen-bond donors (Lipinski definition) is 3. The van der Waals surface area contributed by atoms with E-state index in [-0.39, 0.29) is 11.8 Å². The number of nitrogens with one attached hydrogen (secondary N) is 1. The summed E-state index contributed by atoms with van der Waals surface area (Å²) < 4.78 is 24.0. The van der Waals surface area contributed by atoms with Gasteiger partial charge >= 0.3 is 0 Å². The fourth-order valence-corrected chi connectivity index (χ4v) is 2.74. The van der Waals surface area contributed by atoms with Gasteiger partial charge in [-0.1, -0.05) is 0 Å². The summed E-state index contributed by atoms with van der Waals surface area (Å²) in [6.07, 6.45) is 4.00. The Morgan fingerprint density at radius 1 is 1.37 bits per heavy atom. The second kappa shape index (κ2) is 7.78. The highest BCUT2D eigenvalue weighted by atomic mass is 32.2. The summed E-state index contributed by atoms with van der Waals surface area (Å²) in [5.74, 6) is 0.277. The number of unbranched alkanes of at least 4 members (excludes halogenated alkanes) is 1. The highest BCUT2D eigenvalue weighted by molar-refractivity contribution is 7.87. The van der Waals surface area contributed by atoms with Gasteiger partial charge in [-0.25, -0.2) is 9.86 Å². The van der Waals surface area contributed by atoms with E-state index >= 15 is 0 Å². The van der Waals surface area contributed by atoms with Crippen LogP contribution in [0, 0.1) is 5.92 Å². The lowest BCUT2D eigenvalue weighted by atomic mass is 9.98. The largest absolute Gasteiger partial charge is 0.342 e. The molecule has 1 unspecified atom stereocenters. The van der Waals surface area contributed by atoms with Crippen molar-refractivity contribution in [1.82, 2.24) is 9.62 Å². The van der Waals surface area contributed by atoms with Gasteiger partial charge in [0.2, 0.25) is 5.91 Å². The Balaban J connectivity index is 2.34. The van der Waals surface area contributed by atoms with Gasteiger partial charge in [0.25, 0.3) is 10.2 Å². The normalized spacial score (nSPS) is 20.5. The third-order valence-electron chi connectivity index (χ3n) is 3.29. The first-order valence-corrected chi connectivity index (χ1v) is 8.22. The molecule has 7 nitrogen and oxygen atoms in total. The van der Waals surface area contributed by atoms with Crippen LogP contribution >= 0.6 is 0 Å². The molecule has 0 radical (unpaired) electrons. The van der Waals surface area contributed by atoms with E-state index in [1.807, 2.05) is 4.90 Å². The fraction of sp³-hybridized carbons (Fsp3) is 0.909. The Morgan fingerprint density at radius 3 is 2.74 bits per heavy atom. The minimum absolute atomic E-state index is 0.133. The topological polar surface area (TPSA) is 119 Å². The molecule has 0 aromatic rings. The van der Waals surface area contributed by atoms with Gasteiger partial charge in [0.05, 0.1) is 0 Å². The van der Waals surface area contributed by atoms with Gasteiger partial charge in [0, 0.05) is 26.1 Å². The molecule has 1 aliphatic heterocycles. The number of hydrogen-bond acceptors (Lipinski definition) is 4. The molecule has 0 aliphatic carbocycles. The van der Waals surface area contributed by atoms with Crippen molar-refractivity contribution in [3.05, 3.63) is 0 Å². The van der Waals surface area contributed by atoms with E-state index in [1.165, 1.54) is 0 Å². The highest BCUT2D eigenvalue weighted by Gasteiger charge is 2.23. The van der Waals surface area contributed by atoms with E-state index in [0.29, 0.717) is 26.1 Å². The van der Waals surface area contributed by atoms with E-state index in [4.69, 9.17) is 10.9 Å². The van der Waals surface area contributed by atoms with Crippen LogP contribution < -0.4 is 15.6 Å². The van der Waals surface area contributed by atoms with E-state index in [0.717, 1.165) is 32.2 Å². The van der Waals surface area contributed by atoms with Crippen molar-refractivity contribution < 1.29 is 13.2 Å². The van der Waals surface area contributed by atoms with Crippen molar-refractivity contribution in [3.8, 4) is 0 Å². The van der Waals surface area contributed by atoms with Crippen LogP contribution in [0.4, 0.5) is 0 Å². The van der Waals surface area contributed by atoms with Gasteiger partial charge in [0.1, 0.15) is 0 Å². The van der Waals surface area contributed by atoms with Crippen LogP contribution in [0.5, 0.6) is 0 Å². The van der Waals surface area contributed by atoms with Crippen LogP contribution in [0.2, 0.25) is 0 Å². The highest BCUT2D eigenvalue weighted by Crippen LogP contribution is 2.17. The molecule has 0 bridgehead atoms. The number of amides is 1. The Kier molecular flexibility index (Phi) is 6.70. The number of carbonyl (C=O) groups excluding carboxylic acids is 1.